The van der Waals surface area contributed by atoms with Gasteiger partial charge in [-0.1, -0.05) is 30.3 Å². The molecule has 5 atom stereocenters. The number of nitrogens with zero attached hydrogens (tertiary/aromatic N) is 1. The summed E-state index contributed by atoms with van der Waals surface area (Å²) < 4.78 is 10.6. The highest BCUT2D eigenvalue weighted by molar-refractivity contribution is 5.87. The summed E-state index contributed by atoms with van der Waals surface area (Å²) in [5.41, 5.74) is 1.23. The van der Waals surface area contributed by atoms with Crippen molar-refractivity contribution in [1.82, 2.24) is 4.90 Å². The number of carbonyl (C=O) groups excluding carboxylic acids is 2. The fraction of sp³-hybridized carbons (Fsp3) is 0.529. The van der Waals surface area contributed by atoms with Gasteiger partial charge in [0.15, 0.2) is 0 Å². The predicted octanol–water partition coefficient (Wildman–Crippen LogP) is 1.16. The van der Waals surface area contributed by atoms with Crippen molar-refractivity contribution in [2.45, 2.75) is 43.6 Å². The lowest BCUT2D eigenvalue weighted by atomic mass is 9.87. The molecule has 3 fully saturated rings. The van der Waals surface area contributed by atoms with Crippen LogP contribution in [0.2, 0.25) is 0 Å². The molecule has 4 rings (SSSR count). The van der Waals surface area contributed by atoms with Gasteiger partial charge in [0.25, 0.3) is 0 Å². The smallest absolute Gasteiger partial charge is 0.328 e. The molecule has 5 heteroatoms. The quantitative estimate of drug-likeness (QED) is 0.621. The fourth-order valence-corrected chi connectivity index (χ4v) is 4.11. The van der Waals surface area contributed by atoms with Gasteiger partial charge in [0, 0.05) is 0 Å². The van der Waals surface area contributed by atoms with Gasteiger partial charge in [-0.3, -0.25) is 4.79 Å². The fourth-order valence-electron chi connectivity index (χ4n) is 4.11. The highest BCUT2D eigenvalue weighted by Crippen LogP contribution is 2.47. The first-order valence-corrected chi connectivity index (χ1v) is 7.77. The van der Waals surface area contributed by atoms with Crippen LogP contribution in [0.25, 0.3) is 0 Å². The first-order chi connectivity index (χ1) is 10.7. The number of esters is 1. The highest BCUT2D eigenvalue weighted by atomic mass is 16.6. The molecule has 1 aromatic carbocycles. The molecule has 3 heterocycles. The molecule has 1 aromatic rings. The summed E-state index contributed by atoms with van der Waals surface area (Å²) in [5, 5.41) is 0. The summed E-state index contributed by atoms with van der Waals surface area (Å²) in [5.74, 6) is -0.0477. The molecule has 0 bridgehead atoms. The number of fused-ring (bicyclic) bond motifs is 3. The van der Waals surface area contributed by atoms with Crippen molar-refractivity contribution in [3.63, 3.8) is 0 Å². The second-order valence-electron chi connectivity index (χ2n) is 6.36. The van der Waals surface area contributed by atoms with Gasteiger partial charge < -0.3 is 14.4 Å². The number of hydrogen-bond donors (Lipinski definition) is 0. The van der Waals surface area contributed by atoms with Gasteiger partial charge in [0.05, 0.1) is 25.7 Å². The standard InChI is InChI=1S/C17H19NO4/c1-21-17(20)12-8-11(7-10-5-3-2-4-6-10)15-16-13(22-16)9-14(19)18(12)15/h2-6,11-13,15-16H,7-9H2,1H3/t11-,12+,13+,15+,16+/m1/s1. The van der Waals surface area contributed by atoms with E-state index in [1.807, 2.05) is 18.2 Å². The largest absolute Gasteiger partial charge is 0.467 e. The van der Waals surface area contributed by atoms with Gasteiger partial charge in [0.2, 0.25) is 5.91 Å². The molecular weight excluding hydrogens is 282 g/mol. The van der Waals surface area contributed by atoms with E-state index in [-0.39, 0.29) is 36.0 Å². The van der Waals surface area contributed by atoms with E-state index in [2.05, 4.69) is 12.1 Å². The van der Waals surface area contributed by atoms with E-state index in [1.165, 1.54) is 12.7 Å². The van der Waals surface area contributed by atoms with Gasteiger partial charge in [-0.15, -0.1) is 0 Å². The molecule has 0 saturated carbocycles. The van der Waals surface area contributed by atoms with Crippen molar-refractivity contribution >= 4 is 11.9 Å². The maximum Gasteiger partial charge on any atom is 0.328 e. The Bertz CT molecular complexity index is 602. The minimum Gasteiger partial charge on any atom is -0.467 e. The number of methoxy groups -OCH3 is 1. The van der Waals surface area contributed by atoms with Gasteiger partial charge in [-0.05, 0) is 24.3 Å². The first kappa shape index (κ1) is 13.8. The maximum absolute atomic E-state index is 12.4. The van der Waals surface area contributed by atoms with Crippen molar-refractivity contribution in [1.29, 1.82) is 0 Å². The highest BCUT2D eigenvalue weighted by Gasteiger charge is 2.62. The third-order valence-electron chi connectivity index (χ3n) is 5.10. The van der Waals surface area contributed by atoms with Crippen LogP contribution in [0.5, 0.6) is 0 Å². The Morgan fingerprint density at radius 2 is 2.14 bits per heavy atom. The van der Waals surface area contributed by atoms with E-state index in [1.54, 1.807) is 4.90 Å². The minimum absolute atomic E-state index is 0.00977. The number of rotatable bonds is 3. The molecule has 116 valence electrons. The first-order valence-electron chi connectivity index (χ1n) is 7.77. The van der Waals surface area contributed by atoms with Crippen LogP contribution in [0.4, 0.5) is 0 Å². The third kappa shape index (κ3) is 2.11. The second kappa shape index (κ2) is 5.09. The Hall–Kier alpha value is -1.88. The van der Waals surface area contributed by atoms with Crippen molar-refractivity contribution in [2.24, 2.45) is 5.92 Å². The van der Waals surface area contributed by atoms with Crippen LogP contribution in [0, 0.1) is 5.92 Å². The summed E-state index contributed by atoms with van der Waals surface area (Å²) in [6.07, 6.45) is 2.07. The lowest BCUT2D eigenvalue weighted by Crippen LogP contribution is -2.51. The molecule has 22 heavy (non-hydrogen) atoms. The number of benzene rings is 1. The molecule has 0 radical (unpaired) electrons. The van der Waals surface area contributed by atoms with Crippen LogP contribution in [0.15, 0.2) is 30.3 Å². The summed E-state index contributed by atoms with van der Waals surface area (Å²) in [7, 11) is 1.38. The topological polar surface area (TPSA) is 59.1 Å². The molecule has 0 spiro atoms. The number of epoxide rings is 1. The van der Waals surface area contributed by atoms with E-state index >= 15 is 0 Å². The molecular formula is C17H19NO4. The Morgan fingerprint density at radius 3 is 2.86 bits per heavy atom. The van der Waals surface area contributed by atoms with E-state index < -0.39 is 6.04 Å². The molecule has 0 N–H and O–H groups in total. The van der Waals surface area contributed by atoms with Crippen LogP contribution >= 0.6 is 0 Å². The molecule has 5 nitrogen and oxygen atoms in total. The number of piperidine rings is 1. The lowest BCUT2D eigenvalue weighted by Gasteiger charge is -2.32. The van der Waals surface area contributed by atoms with Gasteiger partial charge in [-0.25, -0.2) is 4.79 Å². The van der Waals surface area contributed by atoms with Crippen molar-refractivity contribution in [3.05, 3.63) is 35.9 Å². The Balaban J connectivity index is 1.62. The summed E-state index contributed by atoms with van der Waals surface area (Å²) >= 11 is 0. The minimum atomic E-state index is -0.457. The van der Waals surface area contributed by atoms with Crippen molar-refractivity contribution < 1.29 is 19.1 Å². The Labute approximate surface area is 129 Å². The zero-order valence-corrected chi connectivity index (χ0v) is 12.5. The van der Waals surface area contributed by atoms with Crippen LogP contribution in [-0.2, 0) is 25.5 Å². The number of ether oxygens (including phenoxy) is 2. The number of amides is 1. The van der Waals surface area contributed by atoms with Gasteiger partial charge in [-0.2, -0.15) is 0 Å². The van der Waals surface area contributed by atoms with Gasteiger partial charge in [0.1, 0.15) is 12.1 Å². The van der Waals surface area contributed by atoms with Crippen molar-refractivity contribution in [2.75, 3.05) is 7.11 Å². The summed E-state index contributed by atoms with van der Waals surface area (Å²) in [6.45, 7) is 0. The number of carbonyl (C=O) groups is 2. The van der Waals surface area contributed by atoms with Crippen LogP contribution < -0.4 is 0 Å². The molecule has 0 aliphatic carbocycles. The Kier molecular flexibility index (Phi) is 3.18. The normalized spacial score (nSPS) is 35.8. The average molecular weight is 301 g/mol. The summed E-state index contributed by atoms with van der Waals surface area (Å²) in [4.78, 5) is 26.2. The van der Waals surface area contributed by atoms with Gasteiger partial charge >= 0.3 is 5.97 Å². The molecule has 3 aliphatic rings. The van der Waals surface area contributed by atoms with Crippen molar-refractivity contribution in [3.8, 4) is 0 Å². The zero-order valence-electron chi connectivity index (χ0n) is 12.5. The molecule has 3 saturated heterocycles. The van der Waals surface area contributed by atoms with Crippen LogP contribution in [0.1, 0.15) is 18.4 Å². The molecule has 0 aromatic heterocycles. The summed E-state index contributed by atoms with van der Waals surface area (Å²) in [6, 6.07) is 9.75. The maximum atomic E-state index is 12.4. The number of hydrogen-bond acceptors (Lipinski definition) is 4. The molecule has 1 amide bonds. The third-order valence-corrected chi connectivity index (χ3v) is 5.10. The average Bonchev–Trinajstić information content (AvgIpc) is 3.20. The SMILES string of the molecule is COC(=O)[C@@H]1C[C@@H](Cc2ccccc2)[C@H]2[C@H]3O[C@H]3CC(=O)N21. The van der Waals surface area contributed by atoms with Crippen LogP contribution in [-0.4, -0.2) is 48.2 Å². The molecule has 3 aliphatic heterocycles. The predicted molar refractivity (Wildman–Crippen MR) is 78.0 cm³/mol. The molecule has 0 unspecified atom stereocenters. The van der Waals surface area contributed by atoms with E-state index in [4.69, 9.17) is 9.47 Å². The van der Waals surface area contributed by atoms with Crippen LogP contribution in [0.3, 0.4) is 0 Å². The monoisotopic (exact) mass is 301 g/mol. The van der Waals surface area contributed by atoms with E-state index in [9.17, 15) is 9.59 Å². The van der Waals surface area contributed by atoms with E-state index in [0.717, 1.165) is 6.42 Å². The Morgan fingerprint density at radius 1 is 1.36 bits per heavy atom. The lowest BCUT2D eigenvalue weighted by molar-refractivity contribution is -0.153. The zero-order chi connectivity index (χ0) is 15.3. The second-order valence-corrected chi connectivity index (χ2v) is 6.36. The van der Waals surface area contributed by atoms with E-state index in [0.29, 0.717) is 12.8 Å².